The molecule has 1 heterocycles. The summed E-state index contributed by atoms with van der Waals surface area (Å²) in [5, 5.41) is 11.0. The van der Waals surface area contributed by atoms with Crippen molar-refractivity contribution in [3.8, 4) is 0 Å². The summed E-state index contributed by atoms with van der Waals surface area (Å²) >= 11 is 0. The minimum absolute atomic E-state index is 0.182. The normalized spacial score (nSPS) is 11.8. The highest BCUT2D eigenvalue weighted by molar-refractivity contribution is 7.88. The highest BCUT2D eigenvalue weighted by Gasteiger charge is 2.08. The maximum absolute atomic E-state index is 10.6. The van der Waals surface area contributed by atoms with Crippen LogP contribution in [0.3, 0.4) is 0 Å². The zero-order valence-corrected chi connectivity index (χ0v) is 6.85. The van der Waals surface area contributed by atoms with E-state index in [-0.39, 0.29) is 5.75 Å². The quantitative estimate of drug-likeness (QED) is 0.635. The Hall–Kier alpha value is -0.880. The number of aromatic amines is 1. The van der Waals surface area contributed by atoms with E-state index in [1.54, 1.807) is 13.1 Å². The van der Waals surface area contributed by atoms with E-state index in [1.807, 2.05) is 0 Å². The fourth-order valence-corrected chi connectivity index (χ4v) is 1.41. The first-order valence-corrected chi connectivity index (χ1v) is 4.70. The third kappa shape index (κ3) is 2.32. The van der Waals surface area contributed by atoms with Crippen LogP contribution in [0.25, 0.3) is 0 Å². The summed E-state index contributed by atoms with van der Waals surface area (Å²) in [6, 6.07) is 0. The number of primary sulfonamides is 1. The lowest BCUT2D eigenvalue weighted by Gasteiger charge is -1.94. The summed E-state index contributed by atoms with van der Waals surface area (Å²) < 4.78 is 21.2. The second-order valence-corrected chi connectivity index (χ2v) is 3.95. The SMILES string of the molecule is Cc1cn[nH]c1CS(N)(=O)=O. The Bertz CT molecular complexity index is 340. The van der Waals surface area contributed by atoms with Gasteiger partial charge in [-0.2, -0.15) is 5.10 Å². The maximum atomic E-state index is 10.6. The monoisotopic (exact) mass is 175 g/mol. The minimum Gasteiger partial charge on any atom is -0.281 e. The molecule has 62 valence electrons. The first-order valence-electron chi connectivity index (χ1n) is 2.98. The average molecular weight is 175 g/mol. The van der Waals surface area contributed by atoms with Gasteiger partial charge in [-0.25, -0.2) is 13.6 Å². The van der Waals surface area contributed by atoms with Gasteiger partial charge in [0.1, 0.15) is 5.75 Å². The molecule has 1 aromatic heterocycles. The van der Waals surface area contributed by atoms with Gasteiger partial charge in [0.25, 0.3) is 0 Å². The van der Waals surface area contributed by atoms with Gasteiger partial charge in [0, 0.05) is 0 Å². The van der Waals surface area contributed by atoms with Crippen LogP contribution in [-0.2, 0) is 15.8 Å². The smallest absolute Gasteiger partial charge is 0.214 e. The van der Waals surface area contributed by atoms with E-state index in [9.17, 15) is 8.42 Å². The minimum atomic E-state index is -3.44. The van der Waals surface area contributed by atoms with Crippen LogP contribution < -0.4 is 5.14 Å². The van der Waals surface area contributed by atoms with Crippen molar-refractivity contribution in [1.29, 1.82) is 0 Å². The lowest BCUT2D eigenvalue weighted by molar-refractivity contribution is 0.596. The van der Waals surface area contributed by atoms with E-state index in [2.05, 4.69) is 10.2 Å². The van der Waals surface area contributed by atoms with Crippen LogP contribution >= 0.6 is 0 Å². The number of rotatable bonds is 2. The molecule has 6 heteroatoms. The van der Waals surface area contributed by atoms with Gasteiger partial charge in [0.05, 0.1) is 11.9 Å². The number of aromatic nitrogens is 2. The standard InChI is InChI=1S/C5H9N3O2S/c1-4-2-7-8-5(4)3-11(6,9)10/h2H,3H2,1H3,(H,7,8)(H2,6,9,10). The van der Waals surface area contributed by atoms with Crippen molar-refractivity contribution < 1.29 is 8.42 Å². The number of sulfonamides is 1. The Kier molecular flexibility index (Phi) is 1.97. The topological polar surface area (TPSA) is 88.8 Å². The van der Waals surface area contributed by atoms with Gasteiger partial charge in [-0.3, -0.25) is 5.10 Å². The van der Waals surface area contributed by atoms with Crippen molar-refractivity contribution >= 4 is 10.0 Å². The highest BCUT2D eigenvalue weighted by Crippen LogP contribution is 2.04. The van der Waals surface area contributed by atoms with Crippen molar-refractivity contribution in [2.45, 2.75) is 12.7 Å². The molecule has 0 saturated heterocycles. The number of nitrogens with two attached hydrogens (primary N) is 1. The summed E-state index contributed by atoms with van der Waals surface area (Å²) in [5.74, 6) is -0.182. The molecule has 0 saturated carbocycles. The van der Waals surface area contributed by atoms with Crippen molar-refractivity contribution in [2.75, 3.05) is 0 Å². The summed E-state index contributed by atoms with van der Waals surface area (Å²) in [4.78, 5) is 0. The summed E-state index contributed by atoms with van der Waals surface area (Å²) in [5.41, 5.74) is 1.35. The van der Waals surface area contributed by atoms with Crippen LogP contribution in [-0.4, -0.2) is 18.6 Å². The first kappa shape index (κ1) is 8.22. The Morgan fingerprint density at radius 2 is 2.36 bits per heavy atom. The Morgan fingerprint density at radius 1 is 1.73 bits per heavy atom. The van der Waals surface area contributed by atoms with Crippen LogP contribution in [0.4, 0.5) is 0 Å². The molecule has 1 rings (SSSR count). The van der Waals surface area contributed by atoms with Gasteiger partial charge in [-0.15, -0.1) is 0 Å². The predicted octanol–water partition coefficient (Wildman–Crippen LogP) is -0.493. The summed E-state index contributed by atoms with van der Waals surface area (Å²) in [6.45, 7) is 1.77. The fourth-order valence-electron chi connectivity index (χ4n) is 0.720. The van der Waals surface area contributed by atoms with Gasteiger partial charge in [-0.05, 0) is 12.5 Å². The molecule has 0 bridgehead atoms. The lowest BCUT2D eigenvalue weighted by atomic mass is 10.3. The Balaban J connectivity index is 2.89. The van der Waals surface area contributed by atoms with E-state index in [4.69, 9.17) is 5.14 Å². The predicted molar refractivity (Wildman–Crippen MR) is 40.1 cm³/mol. The summed E-state index contributed by atoms with van der Waals surface area (Å²) in [6.07, 6.45) is 1.56. The van der Waals surface area contributed by atoms with E-state index < -0.39 is 10.0 Å². The third-order valence-corrected chi connectivity index (χ3v) is 1.97. The molecular formula is C5H9N3O2S. The van der Waals surface area contributed by atoms with Gasteiger partial charge >= 0.3 is 0 Å². The number of nitrogens with zero attached hydrogens (tertiary/aromatic N) is 1. The second-order valence-electron chi connectivity index (χ2n) is 2.34. The van der Waals surface area contributed by atoms with Crippen molar-refractivity contribution in [3.05, 3.63) is 17.5 Å². The number of nitrogens with one attached hydrogen (secondary N) is 1. The molecule has 0 radical (unpaired) electrons. The molecule has 0 aliphatic carbocycles. The molecule has 1 aromatic rings. The molecule has 5 nitrogen and oxygen atoms in total. The van der Waals surface area contributed by atoms with Crippen LogP contribution in [0.1, 0.15) is 11.3 Å². The fraction of sp³-hybridized carbons (Fsp3) is 0.400. The largest absolute Gasteiger partial charge is 0.281 e. The molecule has 11 heavy (non-hydrogen) atoms. The highest BCUT2D eigenvalue weighted by atomic mass is 32.2. The molecule has 0 aliphatic rings. The summed E-state index contributed by atoms with van der Waals surface area (Å²) in [7, 11) is -3.44. The number of H-pyrrole nitrogens is 1. The molecule has 0 aromatic carbocycles. The van der Waals surface area contributed by atoms with Crippen molar-refractivity contribution in [2.24, 2.45) is 5.14 Å². The number of aryl methyl sites for hydroxylation is 1. The first-order chi connectivity index (χ1) is 4.99. The lowest BCUT2D eigenvalue weighted by Crippen LogP contribution is -2.15. The molecule has 0 atom stereocenters. The zero-order valence-electron chi connectivity index (χ0n) is 6.03. The molecule has 3 N–H and O–H groups in total. The maximum Gasteiger partial charge on any atom is 0.214 e. The third-order valence-electron chi connectivity index (χ3n) is 1.28. The Labute approximate surface area is 64.7 Å². The molecule has 0 fully saturated rings. The van der Waals surface area contributed by atoms with Crippen LogP contribution in [0, 0.1) is 6.92 Å². The Morgan fingerprint density at radius 3 is 2.73 bits per heavy atom. The van der Waals surface area contributed by atoms with E-state index in [1.165, 1.54) is 0 Å². The van der Waals surface area contributed by atoms with Crippen LogP contribution in [0.2, 0.25) is 0 Å². The van der Waals surface area contributed by atoms with Gasteiger partial charge in [-0.1, -0.05) is 0 Å². The van der Waals surface area contributed by atoms with Gasteiger partial charge in [0.2, 0.25) is 10.0 Å². The molecule has 0 unspecified atom stereocenters. The number of hydrogen-bond acceptors (Lipinski definition) is 3. The van der Waals surface area contributed by atoms with E-state index in [0.29, 0.717) is 5.69 Å². The van der Waals surface area contributed by atoms with E-state index in [0.717, 1.165) is 5.56 Å². The molecular weight excluding hydrogens is 166 g/mol. The molecule has 0 amide bonds. The van der Waals surface area contributed by atoms with Gasteiger partial charge in [0.15, 0.2) is 0 Å². The molecule has 0 aliphatic heterocycles. The van der Waals surface area contributed by atoms with Crippen molar-refractivity contribution in [1.82, 2.24) is 10.2 Å². The average Bonchev–Trinajstić information content (AvgIpc) is 2.12. The molecule has 0 spiro atoms. The zero-order chi connectivity index (χ0) is 8.48. The number of hydrogen-bond donors (Lipinski definition) is 2. The van der Waals surface area contributed by atoms with Crippen LogP contribution in [0.15, 0.2) is 6.20 Å². The second kappa shape index (κ2) is 2.63. The van der Waals surface area contributed by atoms with Gasteiger partial charge < -0.3 is 0 Å². The van der Waals surface area contributed by atoms with Crippen LogP contribution in [0.5, 0.6) is 0 Å². The van der Waals surface area contributed by atoms with E-state index >= 15 is 0 Å². The van der Waals surface area contributed by atoms with Crippen molar-refractivity contribution in [3.63, 3.8) is 0 Å².